The fourth-order valence-corrected chi connectivity index (χ4v) is 1.99. The van der Waals surface area contributed by atoms with Crippen molar-refractivity contribution in [1.82, 2.24) is 9.88 Å². The summed E-state index contributed by atoms with van der Waals surface area (Å²) in [5, 5.41) is 0. The lowest BCUT2D eigenvalue weighted by atomic mass is 10.2. The van der Waals surface area contributed by atoms with Crippen LogP contribution in [0.2, 0.25) is 0 Å². The van der Waals surface area contributed by atoms with E-state index in [4.69, 9.17) is 4.74 Å². The van der Waals surface area contributed by atoms with Gasteiger partial charge in [-0.15, -0.1) is 0 Å². The molecule has 0 saturated carbocycles. The Kier molecular flexibility index (Phi) is 3.84. The molecule has 0 aromatic carbocycles. The predicted octanol–water partition coefficient (Wildman–Crippen LogP) is 1.62. The lowest BCUT2D eigenvalue weighted by molar-refractivity contribution is 0.186. The highest BCUT2D eigenvalue weighted by molar-refractivity contribution is 5.54. The standard InChI is InChI=1S/C13H21N3O/c1-4-11-10-16(9-8-15(2)3)13-12(17-11)6-5-7-14-13/h5-7,11H,4,8-10H2,1-3H3. The highest BCUT2D eigenvalue weighted by Crippen LogP contribution is 2.31. The summed E-state index contributed by atoms with van der Waals surface area (Å²) in [6, 6.07) is 3.94. The van der Waals surface area contributed by atoms with E-state index in [9.17, 15) is 0 Å². The molecule has 4 heteroatoms. The molecule has 0 spiro atoms. The summed E-state index contributed by atoms with van der Waals surface area (Å²) in [7, 11) is 4.19. The predicted molar refractivity (Wildman–Crippen MR) is 69.7 cm³/mol. The second kappa shape index (κ2) is 5.36. The Morgan fingerprint density at radius 3 is 3.06 bits per heavy atom. The Morgan fingerprint density at radius 2 is 2.35 bits per heavy atom. The summed E-state index contributed by atoms with van der Waals surface area (Å²) in [5.41, 5.74) is 0. The number of pyridine rings is 1. The highest BCUT2D eigenvalue weighted by atomic mass is 16.5. The minimum absolute atomic E-state index is 0.286. The molecule has 0 N–H and O–H groups in total. The maximum atomic E-state index is 5.90. The van der Waals surface area contributed by atoms with Crippen LogP contribution in [-0.2, 0) is 0 Å². The molecule has 4 nitrogen and oxygen atoms in total. The van der Waals surface area contributed by atoms with Gasteiger partial charge in [-0.05, 0) is 32.6 Å². The van der Waals surface area contributed by atoms with Crippen molar-refractivity contribution < 1.29 is 4.74 Å². The van der Waals surface area contributed by atoms with Gasteiger partial charge in [-0.2, -0.15) is 0 Å². The van der Waals surface area contributed by atoms with Gasteiger partial charge in [-0.25, -0.2) is 4.98 Å². The molecule has 0 saturated heterocycles. The molecule has 0 fully saturated rings. The molecule has 1 aromatic heterocycles. The van der Waals surface area contributed by atoms with Gasteiger partial charge in [0.05, 0.1) is 6.54 Å². The van der Waals surface area contributed by atoms with Gasteiger partial charge in [0.1, 0.15) is 6.10 Å². The molecule has 94 valence electrons. The maximum Gasteiger partial charge on any atom is 0.171 e. The molecule has 1 aliphatic heterocycles. The van der Waals surface area contributed by atoms with E-state index in [2.05, 4.69) is 35.8 Å². The van der Waals surface area contributed by atoms with Gasteiger partial charge < -0.3 is 14.5 Å². The monoisotopic (exact) mass is 235 g/mol. The van der Waals surface area contributed by atoms with Crippen molar-refractivity contribution in [3.8, 4) is 5.75 Å². The zero-order chi connectivity index (χ0) is 12.3. The van der Waals surface area contributed by atoms with Crippen molar-refractivity contribution in [2.24, 2.45) is 0 Å². The molecule has 1 unspecified atom stereocenters. The van der Waals surface area contributed by atoms with Crippen molar-refractivity contribution in [2.75, 3.05) is 38.6 Å². The van der Waals surface area contributed by atoms with E-state index in [1.165, 1.54) is 0 Å². The number of hydrogen-bond acceptors (Lipinski definition) is 4. The largest absolute Gasteiger partial charge is 0.485 e. The van der Waals surface area contributed by atoms with Crippen molar-refractivity contribution in [3.05, 3.63) is 18.3 Å². The van der Waals surface area contributed by atoms with Crippen LogP contribution in [0.1, 0.15) is 13.3 Å². The molecule has 2 rings (SSSR count). The number of fused-ring (bicyclic) bond motifs is 1. The van der Waals surface area contributed by atoms with Crippen LogP contribution in [0.5, 0.6) is 5.75 Å². The topological polar surface area (TPSA) is 28.6 Å². The van der Waals surface area contributed by atoms with E-state index in [1.807, 2.05) is 18.3 Å². The summed E-state index contributed by atoms with van der Waals surface area (Å²) in [5.74, 6) is 1.91. The first-order valence-corrected chi connectivity index (χ1v) is 6.22. The lowest BCUT2D eigenvalue weighted by Gasteiger charge is -2.35. The van der Waals surface area contributed by atoms with Crippen molar-refractivity contribution >= 4 is 5.82 Å². The molecule has 2 heterocycles. The fraction of sp³-hybridized carbons (Fsp3) is 0.615. The Hall–Kier alpha value is -1.29. The highest BCUT2D eigenvalue weighted by Gasteiger charge is 2.25. The summed E-state index contributed by atoms with van der Waals surface area (Å²) in [4.78, 5) is 8.95. The molecule has 0 amide bonds. The van der Waals surface area contributed by atoms with Crippen LogP contribution < -0.4 is 9.64 Å². The second-order valence-electron chi connectivity index (χ2n) is 4.72. The fourth-order valence-electron chi connectivity index (χ4n) is 1.99. The van der Waals surface area contributed by atoms with Crippen LogP contribution in [0, 0.1) is 0 Å². The molecular formula is C13H21N3O. The maximum absolute atomic E-state index is 5.90. The number of hydrogen-bond donors (Lipinski definition) is 0. The van der Waals surface area contributed by atoms with Gasteiger partial charge in [-0.1, -0.05) is 6.92 Å². The van der Waals surface area contributed by atoms with Gasteiger partial charge in [0.25, 0.3) is 0 Å². The number of anilines is 1. The Balaban J connectivity index is 2.14. The first-order chi connectivity index (χ1) is 8.20. The number of aromatic nitrogens is 1. The average molecular weight is 235 g/mol. The van der Waals surface area contributed by atoms with Crippen LogP contribution >= 0.6 is 0 Å². The summed E-state index contributed by atoms with van der Waals surface area (Å²) < 4.78 is 5.90. The number of rotatable bonds is 4. The Morgan fingerprint density at radius 1 is 1.53 bits per heavy atom. The third kappa shape index (κ3) is 2.88. The second-order valence-corrected chi connectivity index (χ2v) is 4.72. The zero-order valence-electron chi connectivity index (χ0n) is 10.9. The molecule has 17 heavy (non-hydrogen) atoms. The van der Waals surface area contributed by atoms with E-state index in [0.717, 1.165) is 37.6 Å². The van der Waals surface area contributed by atoms with Gasteiger partial charge in [0, 0.05) is 19.3 Å². The smallest absolute Gasteiger partial charge is 0.171 e. The van der Waals surface area contributed by atoms with Crippen LogP contribution in [0.4, 0.5) is 5.82 Å². The number of likely N-dealkylation sites (N-methyl/N-ethyl adjacent to an activating group) is 1. The van der Waals surface area contributed by atoms with Gasteiger partial charge in [0.15, 0.2) is 11.6 Å². The third-order valence-electron chi connectivity index (χ3n) is 3.04. The molecule has 1 aliphatic rings. The Labute approximate surface area is 103 Å². The normalized spacial score (nSPS) is 19.1. The summed E-state index contributed by atoms with van der Waals surface area (Å²) in [6.07, 6.45) is 3.15. The number of nitrogens with zero attached hydrogens (tertiary/aromatic N) is 3. The summed E-state index contributed by atoms with van der Waals surface area (Å²) in [6.45, 7) is 5.13. The lowest BCUT2D eigenvalue weighted by Crippen LogP contribution is -2.43. The van der Waals surface area contributed by atoms with E-state index in [-0.39, 0.29) is 6.10 Å². The first-order valence-electron chi connectivity index (χ1n) is 6.22. The average Bonchev–Trinajstić information content (AvgIpc) is 2.35. The zero-order valence-corrected chi connectivity index (χ0v) is 10.9. The van der Waals surface area contributed by atoms with E-state index in [1.54, 1.807) is 0 Å². The molecular weight excluding hydrogens is 214 g/mol. The van der Waals surface area contributed by atoms with E-state index >= 15 is 0 Å². The molecule has 0 radical (unpaired) electrons. The van der Waals surface area contributed by atoms with Crippen molar-refractivity contribution in [2.45, 2.75) is 19.4 Å². The first kappa shape index (κ1) is 12.2. The minimum atomic E-state index is 0.286. The van der Waals surface area contributed by atoms with Crippen molar-refractivity contribution in [1.29, 1.82) is 0 Å². The molecule has 1 atom stereocenters. The van der Waals surface area contributed by atoms with Crippen LogP contribution in [0.15, 0.2) is 18.3 Å². The van der Waals surface area contributed by atoms with E-state index < -0.39 is 0 Å². The molecule has 1 aromatic rings. The summed E-state index contributed by atoms with van der Waals surface area (Å²) >= 11 is 0. The van der Waals surface area contributed by atoms with Gasteiger partial charge in [-0.3, -0.25) is 0 Å². The minimum Gasteiger partial charge on any atom is -0.485 e. The Bertz CT molecular complexity index is 367. The molecule has 0 bridgehead atoms. The molecule has 0 aliphatic carbocycles. The van der Waals surface area contributed by atoms with Crippen molar-refractivity contribution in [3.63, 3.8) is 0 Å². The number of ether oxygens (including phenoxy) is 1. The van der Waals surface area contributed by atoms with Gasteiger partial charge >= 0.3 is 0 Å². The van der Waals surface area contributed by atoms with Gasteiger partial charge in [0.2, 0.25) is 0 Å². The van der Waals surface area contributed by atoms with Crippen LogP contribution in [0.25, 0.3) is 0 Å². The van der Waals surface area contributed by atoms with Crippen LogP contribution in [0.3, 0.4) is 0 Å². The van der Waals surface area contributed by atoms with Crippen LogP contribution in [-0.4, -0.2) is 49.7 Å². The quantitative estimate of drug-likeness (QED) is 0.793. The third-order valence-corrected chi connectivity index (χ3v) is 3.04. The SMILES string of the molecule is CCC1CN(CCN(C)C)c2ncccc2O1. The van der Waals surface area contributed by atoms with E-state index in [0.29, 0.717) is 0 Å².